The minimum atomic E-state index is 0.342. The van der Waals surface area contributed by atoms with Crippen molar-refractivity contribution in [3.63, 3.8) is 0 Å². The van der Waals surface area contributed by atoms with Gasteiger partial charge in [0.2, 0.25) is 0 Å². The van der Waals surface area contributed by atoms with Crippen LogP contribution >= 0.6 is 0 Å². The summed E-state index contributed by atoms with van der Waals surface area (Å²) in [4.78, 5) is 0. The van der Waals surface area contributed by atoms with Crippen LogP contribution in [0.5, 0.6) is 0 Å². The zero-order valence-electron chi connectivity index (χ0n) is 6.21. The van der Waals surface area contributed by atoms with Gasteiger partial charge in [-0.25, -0.2) is 0 Å². The molecule has 0 aliphatic carbocycles. The van der Waals surface area contributed by atoms with Crippen molar-refractivity contribution in [2.75, 3.05) is 6.61 Å². The molecule has 0 radical (unpaired) electrons. The summed E-state index contributed by atoms with van der Waals surface area (Å²) in [6, 6.07) is 0. The highest BCUT2D eigenvalue weighted by atomic mass is 16.6. The Labute approximate surface area is 61.7 Å². The van der Waals surface area contributed by atoms with Gasteiger partial charge < -0.3 is 4.74 Å². The molecule has 0 amide bonds. The van der Waals surface area contributed by atoms with Crippen LogP contribution in [-0.2, 0) is 4.74 Å². The van der Waals surface area contributed by atoms with Crippen LogP contribution in [0.2, 0.25) is 0 Å². The quantitative estimate of drug-likeness (QED) is 0.427. The lowest BCUT2D eigenvalue weighted by atomic mass is 10.2. The molecule has 0 aromatic heterocycles. The van der Waals surface area contributed by atoms with Crippen LogP contribution in [0, 0.1) is 0 Å². The molecule has 0 saturated carbocycles. The van der Waals surface area contributed by atoms with Gasteiger partial charge in [0, 0.05) is 0 Å². The first kappa shape index (κ1) is 7.29. The molecule has 1 fully saturated rings. The van der Waals surface area contributed by atoms with Gasteiger partial charge in [0.05, 0.1) is 6.61 Å². The van der Waals surface area contributed by atoms with E-state index in [2.05, 4.69) is 12.7 Å². The lowest BCUT2D eigenvalue weighted by Gasteiger charge is -1.90. The first-order valence-corrected chi connectivity index (χ1v) is 3.45. The van der Waals surface area contributed by atoms with E-state index >= 15 is 0 Å². The second kappa shape index (κ2) is 3.37. The molecule has 0 aromatic rings. The van der Waals surface area contributed by atoms with Crippen molar-refractivity contribution in [3.05, 3.63) is 36.5 Å². The highest BCUT2D eigenvalue weighted by Crippen LogP contribution is 2.20. The molecule has 1 aliphatic heterocycles. The summed E-state index contributed by atoms with van der Waals surface area (Å²) >= 11 is 0. The lowest BCUT2D eigenvalue weighted by Crippen LogP contribution is -1.86. The van der Waals surface area contributed by atoms with E-state index in [0.29, 0.717) is 6.10 Å². The Morgan fingerprint density at radius 2 is 2.40 bits per heavy atom. The van der Waals surface area contributed by atoms with Crippen LogP contribution in [0.25, 0.3) is 0 Å². The van der Waals surface area contributed by atoms with Gasteiger partial charge in [0.25, 0.3) is 0 Å². The van der Waals surface area contributed by atoms with Gasteiger partial charge in [-0.2, -0.15) is 0 Å². The van der Waals surface area contributed by atoms with Crippen molar-refractivity contribution in [3.8, 4) is 0 Å². The fourth-order valence-corrected chi connectivity index (χ4v) is 0.839. The molecule has 1 nitrogen and oxygen atoms in total. The first-order chi connectivity index (χ1) is 4.88. The molecule has 0 N–H and O–H groups in total. The predicted molar refractivity (Wildman–Crippen MR) is 42.8 cm³/mol. The Balaban J connectivity index is 2.57. The third-order valence-corrected chi connectivity index (χ3v) is 1.37. The maximum Gasteiger partial charge on any atom is 0.106 e. The Morgan fingerprint density at radius 1 is 1.70 bits per heavy atom. The fraction of sp³-hybridized carbons (Fsp3) is 0.333. The van der Waals surface area contributed by atoms with Crippen molar-refractivity contribution in [2.24, 2.45) is 0 Å². The molecule has 0 spiro atoms. The normalized spacial score (nSPS) is 25.3. The van der Waals surface area contributed by atoms with E-state index < -0.39 is 0 Å². The van der Waals surface area contributed by atoms with Gasteiger partial charge in [-0.05, 0) is 12.5 Å². The Hall–Kier alpha value is -0.820. The molecule has 1 heterocycles. The van der Waals surface area contributed by atoms with Crippen LogP contribution in [0.1, 0.15) is 6.92 Å². The molecule has 1 aliphatic rings. The van der Waals surface area contributed by atoms with Crippen LogP contribution in [0.15, 0.2) is 36.5 Å². The summed E-state index contributed by atoms with van der Waals surface area (Å²) in [5.74, 6) is 0. The average Bonchev–Trinajstić information content (AvgIpc) is 2.69. The highest BCUT2D eigenvalue weighted by Gasteiger charge is 2.24. The predicted octanol–water partition coefficient (Wildman–Crippen LogP) is 2.07. The van der Waals surface area contributed by atoms with Gasteiger partial charge in [-0.1, -0.05) is 30.9 Å². The van der Waals surface area contributed by atoms with Crippen LogP contribution in [0.4, 0.5) is 0 Å². The van der Waals surface area contributed by atoms with Gasteiger partial charge in [-0.15, -0.1) is 0 Å². The summed E-state index contributed by atoms with van der Waals surface area (Å²) in [6.07, 6.45) is 8.18. The van der Waals surface area contributed by atoms with E-state index in [0.717, 1.165) is 6.61 Å². The molecule has 0 bridgehead atoms. The first-order valence-electron chi connectivity index (χ1n) is 3.45. The van der Waals surface area contributed by atoms with Gasteiger partial charge >= 0.3 is 0 Å². The molecule has 1 atom stereocenters. The van der Waals surface area contributed by atoms with Crippen molar-refractivity contribution in [1.29, 1.82) is 0 Å². The van der Waals surface area contributed by atoms with E-state index in [1.807, 2.05) is 19.1 Å². The fourth-order valence-electron chi connectivity index (χ4n) is 0.839. The Bertz CT molecular complexity index is 173. The van der Waals surface area contributed by atoms with Gasteiger partial charge in [0.1, 0.15) is 6.10 Å². The summed E-state index contributed by atoms with van der Waals surface area (Å²) in [5, 5.41) is 0. The summed E-state index contributed by atoms with van der Waals surface area (Å²) < 4.78 is 5.11. The van der Waals surface area contributed by atoms with Crippen molar-refractivity contribution in [2.45, 2.75) is 13.0 Å². The minimum absolute atomic E-state index is 0.342. The minimum Gasteiger partial charge on any atom is -0.368 e. The lowest BCUT2D eigenvalue weighted by molar-refractivity contribution is 0.434. The molecule has 1 unspecified atom stereocenters. The second-order valence-electron chi connectivity index (χ2n) is 2.22. The topological polar surface area (TPSA) is 12.5 Å². The summed E-state index contributed by atoms with van der Waals surface area (Å²) in [7, 11) is 0. The molecular weight excluding hydrogens is 124 g/mol. The monoisotopic (exact) mass is 136 g/mol. The number of ether oxygens (including phenoxy) is 1. The van der Waals surface area contributed by atoms with Crippen molar-refractivity contribution in [1.82, 2.24) is 0 Å². The molecule has 1 rings (SSSR count). The molecule has 1 saturated heterocycles. The van der Waals surface area contributed by atoms with Gasteiger partial charge in [-0.3, -0.25) is 0 Å². The smallest absolute Gasteiger partial charge is 0.106 e. The molecular formula is C9H12O. The zero-order valence-corrected chi connectivity index (χ0v) is 6.21. The van der Waals surface area contributed by atoms with E-state index in [1.165, 1.54) is 5.57 Å². The van der Waals surface area contributed by atoms with E-state index in [4.69, 9.17) is 4.74 Å². The van der Waals surface area contributed by atoms with E-state index in [-0.39, 0.29) is 0 Å². The van der Waals surface area contributed by atoms with Crippen LogP contribution in [-0.4, -0.2) is 12.7 Å². The van der Waals surface area contributed by atoms with Gasteiger partial charge in [0.15, 0.2) is 0 Å². The van der Waals surface area contributed by atoms with Crippen LogP contribution in [0.3, 0.4) is 0 Å². The molecule has 0 aromatic carbocycles. The number of hydrogen-bond acceptors (Lipinski definition) is 1. The number of rotatable bonds is 3. The molecule has 1 heteroatoms. The number of hydrogen-bond donors (Lipinski definition) is 0. The third-order valence-electron chi connectivity index (χ3n) is 1.37. The summed E-state index contributed by atoms with van der Waals surface area (Å²) in [5.41, 5.74) is 1.22. The number of allylic oxidation sites excluding steroid dienone is 3. The molecule has 54 valence electrons. The third kappa shape index (κ3) is 1.85. The zero-order chi connectivity index (χ0) is 7.40. The van der Waals surface area contributed by atoms with Crippen LogP contribution < -0.4 is 0 Å². The maximum atomic E-state index is 5.11. The SMILES string of the molecule is C=C/C=C(\C=C/C)C1CO1. The maximum absolute atomic E-state index is 5.11. The Kier molecular flexibility index (Phi) is 2.46. The second-order valence-corrected chi connectivity index (χ2v) is 2.22. The summed E-state index contributed by atoms with van der Waals surface area (Å²) in [6.45, 7) is 6.49. The standard InChI is InChI=1S/C9H12O/c1-3-5-8(6-4-2)9-7-10-9/h3-6,9H,1,7H2,2H3/b6-4-,8-5+. The van der Waals surface area contributed by atoms with E-state index in [9.17, 15) is 0 Å². The van der Waals surface area contributed by atoms with E-state index in [1.54, 1.807) is 6.08 Å². The largest absolute Gasteiger partial charge is 0.368 e. The number of epoxide rings is 1. The van der Waals surface area contributed by atoms with Crippen molar-refractivity contribution >= 4 is 0 Å². The highest BCUT2D eigenvalue weighted by molar-refractivity contribution is 5.29. The molecule has 10 heavy (non-hydrogen) atoms. The van der Waals surface area contributed by atoms with Crippen molar-refractivity contribution < 1.29 is 4.74 Å². The average molecular weight is 136 g/mol. The Morgan fingerprint density at radius 3 is 2.80 bits per heavy atom.